The molecule has 0 bridgehead atoms. The number of aliphatic hydroxyl groups is 1. The van der Waals surface area contributed by atoms with E-state index in [1.807, 2.05) is 22.6 Å². The van der Waals surface area contributed by atoms with Crippen molar-refractivity contribution < 1.29 is 23.5 Å². The molecule has 8 heteroatoms. The molecule has 2 rings (SSSR count). The van der Waals surface area contributed by atoms with Crippen LogP contribution < -0.4 is 0 Å². The first-order valence-electron chi connectivity index (χ1n) is 7.54. The summed E-state index contributed by atoms with van der Waals surface area (Å²) < 4.78 is 23.1. The Kier molecular flexibility index (Phi) is 7.03. The molecule has 0 radical (unpaired) electrons. The lowest BCUT2D eigenvalue weighted by Crippen LogP contribution is -2.29. The van der Waals surface area contributed by atoms with E-state index in [-0.39, 0.29) is 5.91 Å². The Morgan fingerprint density at radius 1 is 1.30 bits per heavy atom. The van der Waals surface area contributed by atoms with E-state index in [2.05, 4.69) is 0 Å². The van der Waals surface area contributed by atoms with Gasteiger partial charge < -0.3 is 14.5 Å². The fourth-order valence-electron chi connectivity index (χ4n) is 2.60. The number of rotatable bonds is 9. The van der Waals surface area contributed by atoms with Gasteiger partial charge in [-0.3, -0.25) is 13.9 Å². The average molecular weight is 453 g/mol. The summed E-state index contributed by atoms with van der Waals surface area (Å²) in [6.45, 7) is 2.53. The topological polar surface area (TPSA) is 76.1 Å². The fourth-order valence-corrected chi connectivity index (χ4v) is 5.36. The zero-order valence-electron chi connectivity index (χ0n) is 13.0. The van der Waals surface area contributed by atoms with Crippen molar-refractivity contribution in [2.45, 2.75) is 26.0 Å². The van der Waals surface area contributed by atoms with Gasteiger partial charge in [-0.15, -0.1) is 0 Å². The van der Waals surface area contributed by atoms with Crippen LogP contribution in [-0.4, -0.2) is 39.8 Å². The predicted molar refractivity (Wildman–Crippen MR) is 95.7 cm³/mol. The lowest BCUT2D eigenvalue weighted by molar-refractivity contribution is 0.0172. The van der Waals surface area contributed by atoms with Gasteiger partial charge in [0.2, 0.25) is 0 Å². The molecule has 1 aliphatic heterocycles. The van der Waals surface area contributed by atoms with E-state index in [9.17, 15) is 14.5 Å². The molecule has 6 nitrogen and oxygen atoms in total. The third-order valence-corrected chi connectivity index (χ3v) is 6.52. The van der Waals surface area contributed by atoms with Gasteiger partial charge in [0, 0.05) is 17.7 Å². The van der Waals surface area contributed by atoms with E-state index in [4.69, 9.17) is 9.05 Å². The molecule has 0 saturated heterocycles. The Morgan fingerprint density at radius 3 is 2.70 bits per heavy atom. The molecule has 2 unspecified atom stereocenters. The normalized spacial score (nSPS) is 19.7. The van der Waals surface area contributed by atoms with E-state index < -0.39 is 13.8 Å². The van der Waals surface area contributed by atoms with Crippen molar-refractivity contribution in [3.05, 3.63) is 35.4 Å². The van der Waals surface area contributed by atoms with Crippen LogP contribution in [0.2, 0.25) is 0 Å². The quantitative estimate of drug-likeness (QED) is 0.268. The molecule has 0 aromatic heterocycles. The smallest absolute Gasteiger partial charge is 0.331 e. The number of unbranched alkanes of at least 4 members (excludes halogenated alkanes) is 1. The predicted octanol–water partition coefficient (Wildman–Crippen LogP) is 3.55. The van der Waals surface area contributed by atoms with Gasteiger partial charge in [0.05, 0.1) is 12.8 Å². The van der Waals surface area contributed by atoms with Crippen molar-refractivity contribution in [1.82, 2.24) is 4.90 Å². The van der Waals surface area contributed by atoms with E-state index in [0.29, 0.717) is 47.9 Å². The van der Waals surface area contributed by atoms with Crippen LogP contribution in [0.1, 0.15) is 41.9 Å². The Bertz CT molecular complexity index is 587. The second-order valence-electron chi connectivity index (χ2n) is 5.16. The molecular formula is C15H21INO5P. The summed E-state index contributed by atoms with van der Waals surface area (Å²) in [4.78, 5) is 13.7. The zero-order valence-corrected chi connectivity index (χ0v) is 16.0. The third kappa shape index (κ3) is 4.54. The number of amides is 1. The lowest BCUT2D eigenvalue weighted by atomic mass is 10.1. The Hall–Kier alpha value is -0.470. The minimum Gasteiger partial charge on any atom is -0.369 e. The number of nitrogens with zero attached hydrogens (tertiary/aromatic N) is 1. The van der Waals surface area contributed by atoms with Crippen molar-refractivity contribution in [1.29, 1.82) is 0 Å². The average Bonchev–Trinajstić information content (AvgIpc) is 2.77. The van der Waals surface area contributed by atoms with Crippen molar-refractivity contribution >= 4 is 36.1 Å². The van der Waals surface area contributed by atoms with Crippen molar-refractivity contribution in [2.24, 2.45) is 0 Å². The molecule has 1 N–H and O–H groups in total. The molecule has 128 valence electrons. The van der Waals surface area contributed by atoms with Gasteiger partial charge in [0.15, 0.2) is 6.23 Å². The maximum atomic E-state index is 12.3. The molecule has 2 atom stereocenters. The van der Waals surface area contributed by atoms with Crippen molar-refractivity contribution in [3.8, 4) is 0 Å². The molecule has 0 saturated carbocycles. The van der Waals surface area contributed by atoms with E-state index in [1.54, 1.807) is 31.2 Å². The summed E-state index contributed by atoms with van der Waals surface area (Å²) in [6, 6.07) is 7.07. The summed E-state index contributed by atoms with van der Waals surface area (Å²) in [7, 11) is -3.04. The lowest BCUT2D eigenvalue weighted by Gasteiger charge is -2.21. The molecule has 23 heavy (non-hydrogen) atoms. The van der Waals surface area contributed by atoms with Gasteiger partial charge in [-0.2, -0.15) is 0 Å². The number of aliphatic hydroxyl groups excluding tert-OH is 1. The number of hydrogen-bond donors (Lipinski definition) is 1. The Balaban J connectivity index is 1.86. The first-order valence-corrected chi connectivity index (χ1v) is 10.8. The minimum absolute atomic E-state index is 0.162. The summed E-state index contributed by atoms with van der Waals surface area (Å²) in [6.07, 6.45) is 0.636. The molecule has 0 fully saturated rings. The highest BCUT2D eigenvalue weighted by Gasteiger charge is 2.34. The van der Waals surface area contributed by atoms with Crippen LogP contribution in [0.5, 0.6) is 0 Å². The fraction of sp³-hybridized carbons (Fsp3) is 0.533. The van der Waals surface area contributed by atoms with Crippen molar-refractivity contribution in [3.63, 3.8) is 0 Å². The van der Waals surface area contributed by atoms with Gasteiger partial charge in [0.25, 0.3) is 5.91 Å². The van der Waals surface area contributed by atoms with Crippen LogP contribution in [0.3, 0.4) is 0 Å². The van der Waals surface area contributed by atoms with Gasteiger partial charge >= 0.3 is 7.60 Å². The monoisotopic (exact) mass is 453 g/mol. The summed E-state index contributed by atoms with van der Waals surface area (Å²) >= 11 is 1.99. The SMILES string of the molecule is CCOP(=O)(CCCCN1C(=O)c2ccccc2C1O)OCI. The molecule has 1 amide bonds. The summed E-state index contributed by atoms with van der Waals surface area (Å²) in [5.41, 5.74) is 1.19. The molecule has 0 aliphatic carbocycles. The highest BCUT2D eigenvalue weighted by atomic mass is 127. The minimum atomic E-state index is -3.04. The third-order valence-electron chi connectivity index (χ3n) is 3.68. The van der Waals surface area contributed by atoms with Gasteiger partial charge in [-0.1, -0.05) is 40.8 Å². The summed E-state index contributed by atoms with van der Waals surface area (Å²) in [5.74, 6) is -0.162. The van der Waals surface area contributed by atoms with Crippen LogP contribution >= 0.6 is 30.2 Å². The Labute approximate surface area is 149 Å². The number of carbonyl (C=O) groups is 1. The zero-order chi connectivity index (χ0) is 16.9. The highest BCUT2D eigenvalue weighted by molar-refractivity contribution is 14.1. The van der Waals surface area contributed by atoms with Crippen LogP contribution in [0, 0.1) is 0 Å². The van der Waals surface area contributed by atoms with Gasteiger partial charge in [0.1, 0.15) is 4.61 Å². The number of fused-ring (bicyclic) bond motifs is 1. The van der Waals surface area contributed by atoms with Crippen LogP contribution in [-0.2, 0) is 13.6 Å². The molecule has 1 aromatic carbocycles. The van der Waals surface area contributed by atoms with Gasteiger partial charge in [-0.05, 0) is 25.8 Å². The molecule has 1 aliphatic rings. The maximum absolute atomic E-state index is 12.3. The number of benzene rings is 1. The van der Waals surface area contributed by atoms with E-state index >= 15 is 0 Å². The first-order chi connectivity index (χ1) is 11.0. The maximum Gasteiger partial charge on any atom is 0.331 e. The largest absolute Gasteiger partial charge is 0.369 e. The number of hydrogen-bond acceptors (Lipinski definition) is 5. The number of carbonyl (C=O) groups excluding carboxylic acids is 1. The van der Waals surface area contributed by atoms with Gasteiger partial charge in [-0.25, -0.2) is 0 Å². The second kappa shape index (κ2) is 8.58. The van der Waals surface area contributed by atoms with E-state index in [1.165, 1.54) is 4.90 Å². The van der Waals surface area contributed by atoms with E-state index in [0.717, 1.165) is 0 Å². The summed E-state index contributed by atoms with van der Waals surface area (Å²) in [5, 5.41) is 10.2. The standard InChI is InChI=1S/C15H21INO5P/c1-2-21-23(20,22-11-16)10-6-5-9-17-14(18)12-7-3-4-8-13(12)15(17)19/h3-4,7-8,14,18H,2,5-6,9-11H2,1H3. The molecule has 1 heterocycles. The number of halogens is 1. The molecule has 0 spiro atoms. The first kappa shape index (κ1) is 18.9. The van der Waals surface area contributed by atoms with Crippen LogP contribution in [0.25, 0.3) is 0 Å². The van der Waals surface area contributed by atoms with Crippen molar-refractivity contribution in [2.75, 3.05) is 23.9 Å². The Morgan fingerprint density at radius 2 is 2.04 bits per heavy atom. The molecule has 1 aromatic rings. The molecular weight excluding hydrogens is 432 g/mol. The van der Waals surface area contributed by atoms with Crippen LogP contribution in [0.4, 0.5) is 0 Å². The number of alkyl halides is 1. The van der Waals surface area contributed by atoms with Crippen LogP contribution in [0.15, 0.2) is 24.3 Å². The second-order valence-corrected chi connectivity index (χ2v) is 7.97. The highest BCUT2D eigenvalue weighted by Crippen LogP contribution is 2.49.